The smallest absolute Gasteiger partial charge is 0.257 e. The second-order valence-electron chi connectivity index (χ2n) is 10.9. The first kappa shape index (κ1) is 30.1. The van der Waals surface area contributed by atoms with Crippen LogP contribution < -0.4 is 20.1 Å². The molecule has 1 aliphatic heterocycles. The van der Waals surface area contributed by atoms with Crippen molar-refractivity contribution in [2.45, 2.75) is 45.9 Å². The van der Waals surface area contributed by atoms with Crippen LogP contribution in [0.4, 0.5) is 11.4 Å². The van der Waals surface area contributed by atoms with Crippen molar-refractivity contribution in [3.63, 3.8) is 0 Å². The molecular formula is C35H40N4O4. The number of methoxy groups -OCH3 is 2. The molecule has 8 nitrogen and oxygen atoms in total. The molecule has 224 valence electrons. The quantitative estimate of drug-likeness (QED) is 0.189. The van der Waals surface area contributed by atoms with Gasteiger partial charge < -0.3 is 25.2 Å². The van der Waals surface area contributed by atoms with Gasteiger partial charge in [-0.15, -0.1) is 0 Å². The highest BCUT2D eigenvalue weighted by atomic mass is 16.5. The van der Waals surface area contributed by atoms with Crippen molar-refractivity contribution in [2.24, 2.45) is 0 Å². The van der Waals surface area contributed by atoms with Gasteiger partial charge in [0, 0.05) is 48.5 Å². The van der Waals surface area contributed by atoms with Crippen LogP contribution in [0.5, 0.6) is 11.5 Å². The van der Waals surface area contributed by atoms with Crippen molar-refractivity contribution >= 4 is 17.3 Å². The molecule has 0 fully saturated rings. The molecule has 0 radical (unpaired) electrons. The van der Waals surface area contributed by atoms with Crippen LogP contribution in [-0.4, -0.2) is 48.2 Å². The third-order valence-electron chi connectivity index (χ3n) is 8.05. The van der Waals surface area contributed by atoms with Gasteiger partial charge in [0.15, 0.2) is 17.7 Å². The fraction of sp³-hybridized carbons (Fsp3) is 0.314. The van der Waals surface area contributed by atoms with Gasteiger partial charge in [-0.25, -0.2) is 0 Å². The highest BCUT2D eigenvalue weighted by Crippen LogP contribution is 2.33. The summed E-state index contributed by atoms with van der Waals surface area (Å²) in [6, 6.07) is 21.2. The van der Waals surface area contributed by atoms with Gasteiger partial charge >= 0.3 is 0 Å². The van der Waals surface area contributed by atoms with Crippen LogP contribution in [0.3, 0.4) is 0 Å². The highest BCUT2D eigenvalue weighted by molar-refractivity contribution is 6.08. The van der Waals surface area contributed by atoms with Crippen molar-refractivity contribution < 1.29 is 19.4 Å². The lowest BCUT2D eigenvalue weighted by atomic mass is 9.97. The number of aliphatic hydroxyl groups is 1. The molecule has 1 unspecified atom stereocenters. The number of amides is 1. The number of benzene rings is 3. The van der Waals surface area contributed by atoms with Crippen molar-refractivity contribution in [1.29, 1.82) is 0 Å². The lowest BCUT2D eigenvalue weighted by Gasteiger charge is -2.29. The van der Waals surface area contributed by atoms with Crippen LogP contribution in [-0.2, 0) is 25.8 Å². The van der Waals surface area contributed by atoms with E-state index in [1.165, 1.54) is 22.3 Å². The van der Waals surface area contributed by atoms with Crippen LogP contribution >= 0.6 is 0 Å². The molecule has 0 aliphatic carbocycles. The number of aryl methyl sites for hydroxylation is 2. The monoisotopic (exact) mass is 580 g/mol. The maximum absolute atomic E-state index is 13.3. The van der Waals surface area contributed by atoms with E-state index in [0.29, 0.717) is 16.8 Å². The molecular weight excluding hydrogens is 540 g/mol. The highest BCUT2D eigenvalue weighted by Gasteiger charge is 2.20. The Morgan fingerprint density at radius 1 is 1.00 bits per heavy atom. The van der Waals surface area contributed by atoms with Crippen LogP contribution in [0.1, 0.15) is 57.0 Å². The fourth-order valence-corrected chi connectivity index (χ4v) is 5.56. The van der Waals surface area contributed by atoms with Gasteiger partial charge in [-0.05, 0) is 90.9 Å². The first-order chi connectivity index (χ1) is 20.9. The molecule has 2 heterocycles. The Morgan fingerprint density at radius 2 is 1.77 bits per heavy atom. The molecule has 1 amide bonds. The molecule has 0 spiro atoms. The van der Waals surface area contributed by atoms with E-state index in [1.54, 1.807) is 32.5 Å². The lowest BCUT2D eigenvalue weighted by Crippen LogP contribution is -2.32. The van der Waals surface area contributed by atoms with Crippen LogP contribution in [0.15, 0.2) is 72.9 Å². The van der Waals surface area contributed by atoms with Crippen LogP contribution in [0.25, 0.3) is 0 Å². The molecule has 0 bridgehead atoms. The van der Waals surface area contributed by atoms with Crippen molar-refractivity contribution in [1.82, 2.24) is 9.88 Å². The number of pyridine rings is 1. The number of carbonyl (C=O) groups is 1. The molecule has 1 atom stereocenters. The Morgan fingerprint density at radius 3 is 2.49 bits per heavy atom. The Bertz CT molecular complexity index is 1570. The molecule has 1 aromatic heterocycles. The predicted molar refractivity (Wildman–Crippen MR) is 170 cm³/mol. The van der Waals surface area contributed by atoms with E-state index in [-0.39, 0.29) is 5.91 Å². The van der Waals surface area contributed by atoms with Crippen molar-refractivity contribution in [2.75, 3.05) is 37.9 Å². The Hall–Kier alpha value is -4.40. The minimum absolute atomic E-state index is 0.244. The largest absolute Gasteiger partial charge is 0.493 e. The van der Waals surface area contributed by atoms with Gasteiger partial charge in [0.2, 0.25) is 0 Å². The predicted octanol–water partition coefficient (Wildman–Crippen LogP) is 5.93. The van der Waals surface area contributed by atoms with E-state index in [9.17, 15) is 9.90 Å². The van der Waals surface area contributed by atoms with Gasteiger partial charge in [-0.3, -0.25) is 14.7 Å². The zero-order chi connectivity index (χ0) is 30.3. The number of nitrogens with zero attached hydrogens (tertiary/aromatic N) is 2. The number of aromatic nitrogens is 1. The molecule has 8 heteroatoms. The molecule has 0 saturated carbocycles. The summed E-state index contributed by atoms with van der Waals surface area (Å²) in [7, 11) is 3.35. The topological polar surface area (TPSA) is 96.0 Å². The van der Waals surface area contributed by atoms with Crippen LogP contribution in [0, 0.1) is 6.92 Å². The molecule has 43 heavy (non-hydrogen) atoms. The summed E-state index contributed by atoms with van der Waals surface area (Å²) in [6.07, 6.45) is 3.41. The van der Waals surface area contributed by atoms with Gasteiger partial charge in [-0.1, -0.05) is 31.2 Å². The number of para-hydroxylation sites is 1. The van der Waals surface area contributed by atoms with Gasteiger partial charge in [0.1, 0.15) is 0 Å². The Labute approximate surface area is 253 Å². The third-order valence-corrected chi connectivity index (χ3v) is 8.05. The number of fused-ring (bicyclic) bond motifs is 1. The Kier molecular flexibility index (Phi) is 9.59. The Balaban J connectivity index is 1.22. The zero-order valence-electron chi connectivity index (χ0n) is 25.3. The SMILES string of the molecule is CCc1cc(NC(=O)c2ccccc2NC(O)c2ccc(C)nc2)ccc1CCN1CCc2cc(OC)c(OC)cc2C1. The second-order valence-corrected chi connectivity index (χ2v) is 10.9. The minimum atomic E-state index is -0.994. The third kappa shape index (κ3) is 7.16. The second kappa shape index (κ2) is 13.7. The number of nitrogens with one attached hydrogen (secondary N) is 2. The lowest BCUT2D eigenvalue weighted by molar-refractivity contribution is 0.102. The summed E-state index contributed by atoms with van der Waals surface area (Å²) in [5.74, 6) is 1.31. The van der Waals surface area contributed by atoms with E-state index in [4.69, 9.17) is 9.47 Å². The average Bonchev–Trinajstić information content (AvgIpc) is 3.03. The molecule has 0 saturated heterocycles. The number of anilines is 2. The van der Waals surface area contributed by atoms with E-state index < -0.39 is 6.23 Å². The van der Waals surface area contributed by atoms with E-state index in [1.807, 2.05) is 37.3 Å². The van der Waals surface area contributed by atoms with E-state index in [2.05, 4.69) is 51.7 Å². The van der Waals surface area contributed by atoms with E-state index >= 15 is 0 Å². The van der Waals surface area contributed by atoms with Gasteiger partial charge in [0.25, 0.3) is 5.91 Å². The average molecular weight is 581 g/mol. The first-order valence-electron chi connectivity index (χ1n) is 14.7. The summed E-state index contributed by atoms with van der Waals surface area (Å²) in [5, 5.41) is 16.8. The number of ether oxygens (including phenoxy) is 2. The molecule has 1 aliphatic rings. The van der Waals surface area contributed by atoms with Crippen molar-refractivity contribution in [3.05, 3.63) is 112 Å². The normalized spacial score (nSPS) is 13.6. The number of carbonyl (C=O) groups excluding carboxylic acids is 1. The maximum Gasteiger partial charge on any atom is 0.257 e. The zero-order valence-corrected chi connectivity index (χ0v) is 25.3. The summed E-state index contributed by atoms with van der Waals surface area (Å²) < 4.78 is 11.0. The van der Waals surface area contributed by atoms with Crippen LogP contribution in [0.2, 0.25) is 0 Å². The van der Waals surface area contributed by atoms with Gasteiger partial charge in [-0.2, -0.15) is 0 Å². The number of hydrogen-bond acceptors (Lipinski definition) is 7. The minimum Gasteiger partial charge on any atom is -0.493 e. The summed E-state index contributed by atoms with van der Waals surface area (Å²) in [4.78, 5) is 20.1. The summed E-state index contributed by atoms with van der Waals surface area (Å²) in [6.45, 7) is 6.87. The first-order valence-corrected chi connectivity index (χ1v) is 14.7. The molecule has 5 rings (SSSR count). The summed E-state index contributed by atoms with van der Waals surface area (Å²) >= 11 is 0. The van der Waals surface area contributed by atoms with E-state index in [0.717, 1.165) is 61.8 Å². The molecule has 3 aromatic carbocycles. The number of hydrogen-bond donors (Lipinski definition) is 3. The summed E-state index contributed by atoms with van der Waals surface area (Å²) in [5.41, 5.74) is 8.34. The molecule has 3 N–H and O–H groups in total. The standard InChI is InChI=1S/C35H40N4O4/c1-5-24-18-29(37-35(41)30-8-6-7-9-31(30)38-34(40)27-11-10-23(2)36-21-27)13-12-25(24)14-16-39-17-15-26-19-32(42-3)33(43-4)20-28(26)22-39/h6-13,18-21,34,38,40H,5,14-17,22H2,1-4H3,(H,37,41). The number of rotatable bonds is 11. The van der Waals surface area contributed by atoms with Crippen molar-refractivity contribution in [3.8, 4) is 11.5 Å². The fourth-order valence-electron chi connectivity index (χ4n) is 5.56. The number of aliphatic hydroxyl groups excluding tert-OH is 1. The van der Waals surface area contributed by atoms with Gasteiger partial charge in [0.05, 0.1) is 19.8 Å². The molecule has 4 aromatic rings. The maximum atomic E-state index is 13.3.